The number of carbonyl (C=O) groups is 2. The van der Waals surface area contributed by atoms with Gasteiger partial charge in [-0.3, -0.25) is 4.79 Å². The first kappa shape index (κ1) is 15.0. The monoisotopic (exact) mass is 307 g/mol. The van der Waals surface area contributed by atoms with Crippen molar-refractivity contribution < 1.29 is 19.1 Å². The molecule has 0 radical (unpaired) electrons. The maximum absolute atomic E-state index is 13.9. The minimum atomic E-state index is -1.24. The van der Waals surface area contributed by atoms with Gasteiger partial charge >= 0.3 is 5.97 Å². The van der Waals surface area contributed by atoms with Crippen molar-refractivity contribution >= 4 is 29.2 Å². The number of rotatable bonds is 3. The van der Waals surface area contributed by atoms with Gasteiger partial charge in [-0.05, 0) is 30.7 Å². The van der Waals surface area contributed by atoms with E-state index in [-0.39, 0.29) is 21.8 Å². The summed E-state index contributed by atoms with van der Waals surface area (Å²) in [5.74, 6) is -2.65. The fourth-order valence-electron chi connectivity index (χ4n) is 1.83. The summed E-state index contributed by atoms with van der Waals surface area (Å²) in [6, 6.07) is 8.58. The fraction of sp³-hybridized carbons (Fsp3) is 0.0667. The van der Waals surface area contributed by atoms with Crippen LogP contribution in [0.3, 0.4) is 0 Å². The first-order valence-electron chi connectivity index (χ1n) is 6.00. The van der Waals surface area contributed by atoms with Crippen LogP contribution >= 0.6 is 11.6 Å². The molecule has 108 valence electrons. The van der Waals surface area contributed by atoms with Gasteiger partial charge in [-0.2, -0.15) is 0 Å². The van der Waals surface area contributed by atoms with Gasteiger partial charge in [0.2, 0.25) is 0 Å². The van der Waals surface area contributed by atoms with E-state index in [2.05, 4.69) is 5.32 Å². The Labute approximate surface area is 125 Å². The van der Waals surface area contributed by atoms with Crippen molar-refractivity contribution in [2.75, 3.05) is 5.32 Å². The van der Waals surface area contributed by atoms with E-state index < -0.39 is 17.7 Å². The van der Waals surface area contributed by atoms with Crippen molar-refractivity contribution in [1.82, 2.24) is 0 Å². The molecule has 0 unspecified atom stereocenters. The smallest absolute Gasteiger partial charge is 0.337 e. The lowest BCUT2D eigenvalue weighted by molar-refractivity contribution is 0.0698. The van der Waals surface area contributed by atoms with E-state index in [9.17, 15) is 14.0 Å². The number of hydrogen-bond acceptors (Lipinski definition) is 2. The summed E-state index contributed by atoms with van der Waals surface area (Å²) < 4.78 is 13.9. The molecule has 0 aromatic heterocycles. The molecule has 21 heavy (non-hydrogen) atoms. The molecule has 6 heteroatoms. The molecule has 0 spiro atoms. The van der Waals surface area contributed by atoms with Crippen LogP contribution in [-0.2, 0) is 0 Å². The molecular formula is C15H11ClFNO3. The SMILES string of the molecule is Cc1cccc(C(=O)Nc2c(Cl)cccc2C(=O)O)c1F. The van der Waals surface area contributed by atoms with E-state index >= 15 is 0 Å². The van der Waals surface area contributed by atoms with E-state index in [4.69, 9.17) is 16.7 Å². The van der Waals surface area contributed by atoms with Crippen molar-refractivity contribution in [3.8, 4) is 0 Å². The summed E-state index contributed by atoms with van der Waals surface area (Å²) in [5.41, 5.74) is -0.0759. The number of carbonyl (C=O) groups excluding carboxylic acids is 1. The minimum absolute atomic E-state index is 0.0578. The Hall–Kier alpha value is -2.40. The van der Waals surface area contributed by atoms with Crippen molar-refractivity contribution in [3.05, 3.63) is 63.9 Å². The molecule has 0 saturated carbocycles. The lowest BCUT2D eigenvalue weighted by Crippen LogP contribution is -2.17. The molecular weight excluding hydrogens is 297 g/mol. The number of aromatic carboxylic acids is 1. The van der Waals surface area contributed by atoms with Gasteiger partial charge in [0.25, 0.3) is 5.91 Å². The predicted molar refractivity (Wildman–Crippen MR) is 77.5 cm³/mol. The van der Waals surface area contributed by atoms with Crippen molar-refractivity contribution in [1.29, 1.82) is 0 Å². The van der Waals surface area contributed by atoms with Crippen LogP contribution in [0.4, 0.5) is 10.1 Å². The van der Waals surface area contributed by atoms with Gasteiger partial charge in [-0.1, -0.05) is 29.8 Å². The number of carboxylic acid groups (broad SMARTS) is 1. The van der Waals surface area contributed by atoms with Crippen molar-refractivity contribution in [2.24, 2.45) is 0 Å². The number of carboxylic acids is 1. The Bertz CT molecular complexity index is 731. The number of halogens is 2. The fourth-order valence-corrected chi connectivity index (χ4v) is 2.05. The molecule has 0 saturated heterocycles. The molecule has 2 aromatic rings. The van der Waals surface area contributed by atoms with Crippen LogP contribution in [0.1, 0.15) is 26.3 Å². The van der Waals surface area contributed by atoms with Gasteiger partial charge in [0.05, 0.1) is 21.8 Å². The highest BCUT2D eigenvalue weighted by molar-refractivity contribution is 6.34. The molecule has 1 amide bonds. The van der Waals surface area contributed by atoms with Gasteiger partial charge in [0.15, 0.2) is 0 Å². The average molecular weight is 308 g/mol. The summed E-state index contributed by atoms with van der Waals surface area (Å²) in [5, 5.41) is 11.5. The zero-order valence-corrected chi connectivity index (χ0v) is 11.7. The van der Waals surface area contributed by atoms with Gasteiger partial charge in [-0.15, -0.1) is 0 Å². The van der Waals surface area contributed by atoms with Crippen LogP contribution in [0.15, 0.2) is 36.4 Å². The molecule has 2 aromatic carbocycles. The number of aryl methyl sites for hydroxylation is 1. The van der Waals surface area contributed by atoms with Crippen molar-refractivity contribution in [3.63, 3.8) is 0 Å². The topological polar surface area (TPSA) is 66.4 Å². The third kappa shape index (κ3) is 3.03. The second-order valence-corrected chi connectivity index (χ2v) is 4.77. The first-order chi connectivity index (χ1) is 9.91. The zero-order chi connectivity index (χ0) is 15.6. The maximum atomic E-state index is 13.9. The van der Waals surface area contributed by atoms with Gasteiger partial charge in [0, 0.05) is 0 Å². The second kappa shape index (κ2) is 5.93. The van der Waals surface area contributed by atoms with Gasteiger partial charge < -0.3 is 10.4 Å². The predicted octanol–water partition coefficient (Wildman–Crippen LogP) is 3.74. The molecule has 0 aliphatic carbocycles. The van der Waals surface area contributed by atoms with Crippen LogP contribution in [0.5, 0.6) is 0 Å². The lowest BCUT2D eigenvalue weighted by Gasteiger charge is -2.11. The van der Waals surface area contributed by atoms with E-state index in [0.29, 0.717) is 5.56 Å². The standard InChI is InChI=1S/C15H11ClFNO3/c1-8-4-2-5-9(12(8)17)14(19)18-13-10(15(20)21)6-3-7-11(13)16/h2-7H,1H3,(H,18,19)(H,20,21). The summed E-state index contributed by atoms with van der Waals surface area (Å²) in [6.07, 6.45) is 0. The molecule has 0 aliphatic heterocycles. The molecule has 0 aliphatic rings. The Morgan fingerprint density at radius 3 is 2.43 bits per heavy atom. The number of para-hydroxylation sites is 1. The largest absolute Gasteiger partial charge is 0.478 e. The van der Waals surface area contributed by atoms with Gasteiger partial charge in [-0.25, -0.2) is 9.18 Å². The Balaban J connectivity index is 2.41. The Kier molecular flexibility index (Phi) is 4.23. The molecule has 0 bridgehead atoms. The Morgan fingerprint density at radius 1 is 1.14 bits per heavy atom. The number of benzene rings is 2. The number of hydrogen-bond donors (Lipinski definition) is 2. The van der Waals surface area contributed by atoms with Crippen LogP contribution in [0, 0.1) is 12.7 Å². The second-order valence-electron chi connectivity index (χ2n) is 4.36. The first-order valence-corrected chi connectivity index (χ1v) is 6.38. The summed E-state index contributed by atoms with van der Waals surface area (Å²) in [6.45, 7) is 1.53. The maximum Gasteiger partial charge on any atom is 0.337 e. The minimum Gasteiger partial charge on any atom is -0.478 e. The van der Waals surface area contributed by atoms with Crippen molar-refractivity contribution in [2.45, 2.75) is 6.92 Å². The summed E-state index contributed by atoms with van der Waals surface area (Å²) in [4.78, 5) is 23.2. The average Bonchev–Trinajstić information content (AvgIpc) is 2.43. The van der Waals surface area contributed by atoms with Crippen LogP contribution in [-0.4, -0.2) is 17.0 Å². The molecule has 0 atom stereocenters. The van der Waals surface area contributed by atoms with Gasteiger partial charge in [0.1, 0.15) is 5.82 Å². The normalized spacial score (nSPS) is 10.2. The van der Waals surface area contributed by atoms with Crippen LogP contribution < -0.4 is 5.32 Å². The summed E-state index contributed by atoms with van der Waals surface area (Å²) >= 11 is 5.90. The van der Waals surface area contributed by atoms with E-state index in [0.717, 1.165) is 0 Å². The zero-order valence-electron chi connectivity index (χ0n) is 11.0. The highest BCUT2D eigenvalue weighted by atomic mass is 35.5. The number of nitrogens with one attached hydrogen (secondary N) is 1. The highest BCUT2D eigenvalue weighted by Gasteiger charge is 2.18. The number of anilines is 1. The molecule has 0 fully saturated rings. The van der Waals surface area contributed by atoms with E-state index in [1.165, 1.54) is 43.3 Å². The highest BCUT2D eigenvalue weighted by Crippen LogP contribution is 2.27. The van der Waals surface area contributed by atoms with Crippen LogP contribution in [0.2, 0.25) is 5.02 Å². The molecule has 0 heterocycles. The molecule has 4 nitrogen and oxygen atoms in total. The molecule has 2 rings (SSSR count). The third-order valence-corrected chi connectivity index (χ3v) is 3.23. The summed E-state index contributed by atoms with van der Waals surface area (Å²) in [7, 11) is 0. The Morgan fingerprint density at radius 2 is 1.76 bits per heavy atom. The molecule has 2 N–H and O–H groups in total. The number of amides is 1. The quantitative estimate of drug-likeness (QED) is 0.907. The lowest BCUT2D eigenvalue weighted by atomic mass is 10.1. The van der Waals surface area contributed by atoms with E-state index in [1.807, 2.05) is 0 Å². The van der Waals surface area contributed by atoms with Crippen LogP contribution in [0.25, 0.3) is 0 Å². The van der Waals surface area contributed by atoms with E-state index in [1.54, 1.807) is 0 Å². The third-order valence-electron chi connectivity index (χ3n) is 2.92.